The number of nitrogens with zero attached hydrogens (tertiary/aromatic N) is 2. The summed E-state index contributed by atoms with van der Waals surface area (Å²) in [7, 11) is 0. The van der Waals surface area contributed by atoms with Crippen molar-refractivity contribution in [1.29, 1.82) is 0 Å². The van der Waals surface area contributed by atoms with E-state index in [4.69, 9.17) is 10.5 Å². The van der Waals surface area contributed by atoms with Crippen LogP contribution in [0.15, 0.2) is 97.3 Å². The summed E-state index contributed by atoms with van der Waals surface area (Å²) in [6, 6.07) is 28.9. The molecular formula is C25H24N6O2. The van der Waals surface area contributed by atoms with E-state index in [0.717, 1.165) is 11.1 Å². The van der Waals surface area contributed by atoms with Gasteiger partial charge in [0.2, 0.25) is 0 Å². The van der Waals surface area contributed by atoms with Gasteiger partial charge < -0.3 is 15.8 Å². The van der Waals surface area contributed by atoms with Crippen molar-refractivity contribution in [3.8, 4) is 5.75 Å². The Morgan fingerprint density at radius 2 is 1.36 bits per heavy atom. The molecule has 0 unspecified atom stereocenters. The van der Waals surface area contributed by atoms with Crippen molar-refractivity contribution >= 4 is 23.2 Å². The maximum Gasteiger partial charge on any atom is 0.276 e. The molecule has 4 aromatic rings. The molecule has 1 aromatic heterocycles. The zero-order valence-electron chi connectivity index (χ0n) is 17.8. The Bertz CT molecular complexity index is 1130. The number of anilines is 3. The van der Waals surface area contributed by atoms with Crippen molar-refractivity contribution in [3.63, 3.8) is 0 Å². The third-order valence-electron chi connectivity index (χ3n) is 4.86. The lowest BCUT2D eigenvalue weighted by molar-refractivity contribution is -0.122. The lowest BCUT2D eigenvalue weighted by atomic mass is 9.99. The summed E-state index contributed by atoms with van der Waals surface area (Å²) in [5.74, 6) is 0.951. The van der Waals surface area contributed by atoms with Crippen LogP contribution in [0.3, 0.4) is 0 Å². The number of carbonyl (C=O) groups is 1. The molecule has 33 heavy (non-hydrogen) atoms. The number of amides is 1. The van der Waals surface area contributed by atoms with Crippen LogP contribution >= 0.6 is 0 Å². The average Bonchev–Trinajstić information content (AvgIpc) is 2.88. The van der Waals surface area contributed by atoms with Gasteiger partial charge in [-0.25, -0.2) is 9.97 Å². The Labute approximate surface area is 191 Å². The number of aromatic nitrogens is 2. The minimum Gasteiger partial charge on any atom is -0.484 e. The van der Waals surface area contributed by atoms with Crippen molar-refractivity contribution in [2.24, 2.45) is 0 Å². The number of para-hydroxylation sites is 1. The van der Waals surface area contributed by atoms with Crippen LogP contribution in [0.1, 0.15) is 17.2 Å². The summed E-state index contributed by atoms with van der Waals surface area (Å²) in [5.41, 5.74) is 14.0. The Hall–Kier alpha value is -4.59. The predicted octanol–water partition coefficient (Wildman–Crippen LogP) is 3.78. The molecule has 8 heteroatoms. The number of hydrazine groups is 1. The molecule has 0 fully saturated rings. The van der Waals surface area contributed by atoms with Crippen molar-refractivity contribution in [1.82, 2.24) is 15.4 Å². The van der Waals surface area contributed by atoms with Crippen molar-refractivity contribution in [3.05, 3.63) is 108 Å². The zero-order valence-corrected chi connectivity index (χ0v) is 17.8. The van der Waals surface area contributed by atoms with Gasteiger partial charge in [-0.3, -0.25) is 15.6 Å². The van der Waals surface area contributed by atoms with Gasteiger partial charge in [-0.05, 0) is 23.3 Å². The first kappa shape index (κ1) is 21.6. The van der Waals surface area contributed by atoms with Gasteiger partial charge in [0, 0.05) is 0 Å². The van der Waals surface area contributed by atoms with E-state index in [1.165, 1.54) is 6.33 Å². The molecule has 4 rings (SSSR count). The van der Waals surface area contributed by atoms with E-state index < -0.39 is 0 Å². The van der Waals surface area contributed by atoms with E-state index in [-0.39, 0.29) is 30.1 Å². The largest absolute Gasteiger partial charge is 0.484 e. The first-order valence-corrected chi connectivity index (χ1v) is 10.4. The molecule has 8 nitrogen and oxygen atoms in total. The quantitative estimate of drug-likeness (QED) is 0.293. The third-order valence-corrected chi connectivity index (χ3v) is 4.86. The normalized spacial score (nSPS) is 10.5. The lowest BCUT2D eigenvalue weighted by Gasteiger charge is -2.22. The molecule has 0 bridgehead atoms. The topological polar surface area (TPSA) is 114 Å². The first-order chi connectivity index (χ1) is 16.2. The third kappa shape index (κ3) is 5.76. The van der Waals surface area contributed by atoms with E-state index in [0.29, 0.717) is 11.6 Å². The summed E-state index contributed by atoms with van der Waals surface area (Å²) < 4.78 is 5.43. The molecule has 1 amide bonds. The van der Waals surface area contributed by atoms with Gasteiger partial charge >= 0.3 is 0 Å². The number of benzene rings is 3. The Morgan fingerprint density at radius 1 is 0.818 bits per heavy atom. The maximum absolute atomic E-state index is 12.1. The van der Waals surface area contributed by atoms with Crippen LogP contribution < -0.4 is 26.6 Å². The van der Waals surface area contributed by atoms with Crippen LogP contribution in [-0.4, -0.2) is 22.5 Å². The number of nitrogens with one attached hydrogen (secondary N) is 3. The molecule has 1 heterocycles. The number of nitrogens with two attached hydrogens (primary N) is 1. The Balaban J connectivity index is 1.45. The van der Waals surface area contributed by atoms with E-state index in [2.05, 4.69) is 26.1 Å². The highest BCUT2D eigenvalue weighted by Crippen LogP contribution is 2.30. The second-order valence-electron chi connectivity index (χ2n) is 7.16. The standard InChI is InChI=1S/C25H24N6O2/c26-22-24(29-23(18-10-4-1-5-11-18)19-12-6-2-7-13-19)27-17-28-25(22)31-30-21(32)16-33-20-14-8-3-9-15-20/h1-15,17,23H,16,26H2,(H,30,32)(H2,27,28,29,31). The first-order valence-electron chi connectivity index (χ1n) is 10.4. The molecule has 3 aromatic carbocycles. The second-order valence-corrected chi connectivity index (χ2v) is 7.16. The van der Waals surface area contributed by atoms with Crippen LogP contribution in [0, 0.1) is 0 Å². The molecule has 0 aliphatic rings. The fourth-order valence-corrected chi connectivity index (χ4v) is 3.23. The van der Waals surface area contributed by atoms with E-state index >= 15 is 0 Å². The van der Waals surface area contributed by atoms with Gasteiger partial charge in [0.05, 0.1) is 6.04 Å². The fourth-order valence-electron chi connectivity index (χ4n) is 3.23. The van der Waals surface area contributed by atoms with Gasteiger partial charge in [0.15, 0.2) is 18.2 Å². The molecule has 0 aliphatic heterocycles. The summed E-state index contributed by atoms with van der Waals surface area (Å²) >= 11 is 0. The highest BCUT2D eigenvalue weighted by atomic mass is 16.5. The van der Waals surface area contributed by atoms with Crippen LogP contribution in [-0.2, 0) is 4.79 Å². The molecule has 0 aliphatic carbocycles. The summed E-state index contributed by atoms with van der Waals surface area (Å²) in [6.07, 6.45) is 1.38. The highest BCUT2D eigenvalue weighted by Gasteiger charge is 2.17. The van der Waals surface area contributed by atoms with Gasteiger partial charge in [0.25, 0.3) is 5.91 Å². The molecule has 5 N–H and O–H groups in total. The molecule has 0 saturated heterocycles. The lowest BCUT2D eigenvalue weighted by Crippen LogP contribution is -2.34. The Morgan fingerprint density at radius 3 is 1.97 bits per heavy atom. The number of hydrogen-bond acceptors (Lipinski definition) is 7. The van der Waals surface area contributed by atoms with Gasteiger partial charge in [-0.15, -0.1) is 0 Å². The predicted molar refractivity (Wildman–Crippen MR) is 128 cm³/mol. The summed E-state index contributed by atoms with van der Waals surface area (Å²) in [6.45, 7) is -0.156. The summed E-state index contributed by atoms with van der Waals surface area (Å²) in [4.78, 5) is 20.6. The minimum absolute atomic E-state index is 0.156. The molecule has 0 atom stereocenters. The van der Waals surface area contributed by atoms with Crippen LogP contribution in [0.25, 0.3) is 0 Å². The van der Waals surface area contributed by atoms with E-state index in [1.807, 2.05) is 78.9 Å². The Kier molecular flexibility index (Phi) is 6.97. The monoisotopic (exact) mass is 440 g/mol. The van der Waals surface area contributed by atoms with Crippen LogP contribution in [0.2, 0.25) is 0 Å². The van der Waals surface area contributed by atoms with E-state index in [9.17, 15) is 4.79 Å². The summed E-state index contributed by atoms with van der Waals surface area (Å²) in [5, 5.41) is 3.40. The number of hydrogen-bond donors (Lipinski definition) is 4. The average molecular weight is 441 g/mol. The minimum atomic E-state index is -0.377. The fraction of sp³-hybridized carbons (Fsp3) is 0.0800. The molecule has 0 radical (unpaired) electrons. The molecule has 0 spiro atoms. The second kappa shape index (κ2) is 10.6. The molecular weight excluding hydrogens is 416 g/mol. The molecule has 0 saturated carbocycles. The highest BCUT2D eigenvalue weighted by molar-refractivity contribution is 5.81. The number of ether oxygens (including phenoxy) is 1. The van der Waals surface area contributed by atoms with Crippen LogP contribution in [0.5, 0.6) is 5.75 Å². The van der Waals surface area contributed by atoms with Crippen molar-refractivity contribution < 1.29 is 9.53 Å². The van der Waals surface area contributed by atoms with Crippen LogP contribution in [0.4, 0.5) is 17.3 Å². The van der Waals surface area contributed by atoms with Gasteiger partial charge in [-0.1, -0.05) is 78.9 Å². The number of nitrogen functional groups attached to an aromatic ring is 1. The smallest absolute Gasteiger partial charge is 0.276 e. The SMILES string of the molecule is Nc1c(NNC(=O)COc2ccccc2)ncnc1NC(c1ccccc1)c1ccccc1. The van der Waals surface area contributed by atoms with E-state index in [1.54, 1.807) is 12.1 Å². The van der Waals surface area contributed by atoms with Gasteiger partial charge in [-0.2, -0.15) is 0 Å². The maximum atomic E-state index is 12.1. The number of rotatable bonds is 9. The number of carbonyl (C=O) groups excluding carboxylic acids is 1. The van der Waals surface area contributed by atoms with Gasteiger partial charge in [0.1, 0.15) is 17.8 Å². The molecule has 166 valence electrons. The van der Waals surface area contributed by atoms with Crippen molar-refractivity contribution in [2.45, 2.75) is 6.04 Å². The van der Waals surface area contributed by atoms with Crippen molar-refractivity contribution in [2.75, 3.05) is 23.1 Å². The zero-order chi connectivity index (χ0) is 22.9.